The highest BCUT2D eigenvalue weighted by Crippen LogP contribution is 2.27. The summed E-state index contributed by atoms with van der Waals surface area (Å²) >= 11 is 11.7. The number of aromatic nitrogens is 4. The van der Waals surface area contributed by atoms with Gasteiger partial charge in [0.2, 0.25) is 0 Å². The van der Waals surface area contributed by atoms with Crippen LogP contribution >= 0.6 is 23.8 Å². The Bertz CT molecular complexity index is 856. The number of hydrogen-bond acceptors (Lipinski definition) is 2. The Morgan fingerprint density at radius 3 is 2.80 bits per heavy atom. The zero-order valence-corrected chi connectivity index (χ0v) is 13.1. The SMILES string of the molecule is CCn1nc(C)c2[nH]c(=S)n(-c3cccc(Cl)c3C)c21. The highest BCUT2D eigenvalue weighted by Gasteiger charge is 2.16. The third-order valence-electron chi connectivity index (χ3n) is 3.53. The third kappa shape index (κ3) is 1.81. The van der Waals surface area contributed by atoms with Crippen molar-refractivity contribution in [3.8, 4) is 5.69 Å². The Morgan fingerprint density at radius 1 is 1.35 bits per heavy atom. The average molecular weight is 307 g/mol. The summed E-state index contributed by atoms with van der Waals surface area (Å²) < 4.78 is 4.63. The van der Waals surface area contributed by atoms with Gasteiger partial charge >= 0.3 is 0 Å². The molecule has 3 rings (SSSR count). The summed E-state index contributed by atoms with van der Waals surface area (Å²) in [7, 11) is 0. The molecule has 2 heterocycles. The van der Waals surface area contributed by atoms with Crippen molar-refractivity contribution in [2.75, 3.05) is 0 Å². The molecule has 1 aromatic carbocycles. The van der Waals surface area contributed by atoms with Crippen molar-refractivity contribution >= 4 is 35.0 Å². The molecule has 0 bridgehead atoms. The lowest BCUT2D eigenvalue weighted by molar-refractivity contribution is 0.661. The van der Waals surface area contributed by atoms with Gasteiger partial charge in [-0.05, 0) is 50.7 Å². The summed E-state index contributed by atoms with van der Waals surface area (Å²) in [6, 6.07) is 5.84. The van der Waals surface area contributed by atoms with Crippen LogP contribution in [0.25, 0.3) is 16.9 Å². The molecular formula is C14H15ClN4S. The lowest BCUT2D eigenvalue weighted by Crippen LogP contribution is -2.05. The average Bonchev–Trinajstić information content (AvgIpc) is 2.90. The molecule has 0 saturated heterocycles. The molecule has 2 aromatic heterocycles. The highest BCUT2D eigenvalue weighted by molar-refractivity contribution is 7.71. The fourth-order valence-electron chi connectivity index (χ4n) is 2.48. The second-order valence-electron chi connectivity index (χ2n) is 4.75. The van der Waals surface area contributed by atoms with E-state index in [1.165, 1.54) is 0 Å². The van der Waals surface area contributed by atoms with Crippen LogP contribution in [0.4, 0.5) is 0 Å². The lowest BCUT2D eigenvalue weighted by atomic mass is 10.2. The van der Waals surface area contributed by atoms with E-state index in [9.17, 15) is 0 Å². The molecule has 0 aliphatic carbocycles. The van der Waals surface area contributed by atoms with Crippen LogP contribution in [0.2, 0.25) is 5.02 Å². The first-order valence-electron chi connectivity index (χ1n) is 6.48. The quantitative estimate of drug-likeness (QED) is 0.721. The van der Waals surface area contributed by atoms with Crippen LogP contribution in [-0.2, 0) is 6.54 Å². The number of nitrogens with zero attached hydrogens (tertiary/aromatic N) is 3. The molecule has 6 heteroatoms. The molecule has 4 nitrogen and oxygen atoms in total. The number of aryl methyl sites for hydroxylation is 2. The lowest BCUT2D eigenvalue weighted by Gasteiger charge is -2.10. The number of aromatic amines is 1. The van der Waals surface area contributed by atoms with Gasteiger partial charge in [-0.3, -0.25) is 4.57 Å². The fourth-order valence-corrected chi connectivity index (χ4v) is 2.94. The smallest absolute Gasteiger partial charge is 0.184 e. The maximum atomic E-state index is 6.23. The summed E-state index contributed by atoms with van der Waals surface area (Å²) in [5.41, 5.74) is 4.92. The molecule has 0 aliphatic heterocycles. The van der Waals surface area contributed by atoms with Gasteiger partial charge < -0.3 is 4.98 Å². The van der Waals surface area contributed by atoms with Crippen LogP contribution in [0.1, 0.15) is 18.2 Å². The van der Waals surface area contributed by atoms with Gasteiger partial charge in [0.15, 0.2) is 10.4 Å². The van der Waals surface area contributed by atoms with Crippen molar-refractivity contribution in [3.63, 3.8) is 0 Å². The Balaban J connectivity index is 2.44. The van der Waals surface area contributed by atoms with Crippen LogP contribution in [0.3, 0.4) is 0 Å². The number of H-pyrrole nitrogens is 1. The van der Waals surface area contributed by atoms with Crippen LogP contribution in [-0.4, -0.2) is 19.3 Å². The molecule has 0 radical (unpaired) electrons. The van der Waals surface area contributed by atoms with E-state index in [1.807, 2.05) is 41.3 Å². The van der Waals surface area contributed by atoms with Crippen LogP contribution < -0.4 is 0 Å². The van der Waals surface area contributed by atoms with Crippen molar-refractivity contribution in [1.82, 2.24) is 19.3 Å². The Kier molecular flexibility index (Phi) is 3.18. The number of hydrogen-bond donors (Lipinski definition) is 1. The standard InChI is InChI=1S/C14H15ClN4S/c1-4-18-13-12(9(3)17-18)16-14(20)19(13)11-7-5-6-10(15)8(11)2/h5-7H,4H2,1-3H3,(H,16,20). The normalized spacial score (nSPS) is 11.4. The van der Waals surface area contributed by atoms with E-state index in [0.29, 0.717) is 4.77 Å². The summed E-state index contributed by atoms with van der Waals surface area (Å²) in [6.07, 6.45) is 0. The van der Waals surface area contributed by atoms with Gasteiger partial charge in [0.25, 0.3) is 0 Å². The summed E-state index contributed by atoms with van der Waals surface area (Å²) in [4.78, 5) is 3.25. The van der Waals surface area contributed by atoms with E-state index >= 15 is 0 Å². The highest BCUT2D eigenvalue weighted by atomic mass is 35.5. The van der Waals surface area contributed by atoms with E-state index in [4.69, 9.17) is 23.8 Å². The van der Waals surface area contributed by atoms with Crippen molar-refractivity contribution in [2.24, 2.45) is 0 Å². The van der Waals surface area contributed by atoms with Crippen LogP contribution in [0.15, 0.2) is 18.2 Å². The van der Waals surface area contributed by atoms with E-state index in [1.54, 1.807) is 0 Å². The largest absolute Gasteiger partial charge is 0.327 e. The molecule has 0 unspecified atom stereocenters. The first-order valence-corrected chi connectivity index (χ1v) is 7.26. The zero-order chi connectivity index (χ0) is 14.4. The summed E-state index contributed by atoms with van der Waals surface area (Å²) in [5.74, 6) is 0. The number of imidazole rings is 1. The van der Waals surface area contributed by atoms with Crippen molar-refractivity contribution < 1.29 is 0 Å². The van der Waals surface area contributed by atoms with E-state index < -0.39 is 0 Å². The van der Waals surface area contributed by atoms with Gasteiger partial charge in [0.1, 0.15) is 5.52 Å². The Labute approximate surface area is 127 Å². The third-order valence-corrected chi connectivity index (χ3v) is 4.22. The first-order chi connectivity index (χ1) is 9.54. The van der Waals surface area contributed by atoms with Gasteiger partial charge in [0.05, 0.1) is 11.4 Å². The molecule has 0 spiro atoms. The summed E-state index contributed by atoms with van der Waals surface area (Å²) in [5, 5.41) is 5.27. The maximum Gasteiger partial charge on any atom is 0.184 e. The number of rotatable bonds is 2. The minimum Gasteiger partial charge on any atom is -0.327 e. The first kappa shape index (κ1) is 13.4. The molecular weight excluding hydrogens is 292 g/mol. The van der Waals surface area contributed by atoms with Crippen molar-refractivity contribution in [3.05, 3.63) is 39.3 Å². The molecule has 0 aliphatic rings. The van der Waals surface area contributed by atoms with E-state index in [2.05, 4.69) is 17.0 Å². The second kappa shape index (κ2) is 4.75. The molecule has 3 aromatic rings. The topological polar surface area (TPSA) is 38.5 Å². The van der Waals surface area contributed by atoms with Crippen molar-refractivity contribution in [1.29, 1.82) is 0 Å². The van der Waals surface area contributed by atoms with Gasteiger partial charge in [0, 0.05) is 11.6 Å². The predicted octanol–water partition coefficient (Wildman–Crippen LogP) is 4.17. The Hall–Kier alpha value is -1.59. The molecule has 0 amide bonds. The van der Waals surface area contributed by atoms with Gasteiger partial charge in [-0.15, -0.1) is 0 Å². The van der Waals surface area contributed by atoms with Gasteiger partial charge in [-0.1, -0.05) is 17.7 Å². The molecule has 0 atom stereocenters. The number of halogens is 1. The second-order valence-corrected chi connectivity index (χ2v) is 5.54. The summed E-state index contributed by atoms with van der Waals surface area (Å²) in [6.45, 7) is 6.83. The minimum absolute atomic E-state index is 0.660. The zero-order valence-electron chi connectivity index (χ0n) is 11.6. The fraction of sp³-hybridized carbons (Fsp3) is 0.286. The van der Waals surface area contributed by atoms with Gasteiger partial charge in [-0.2, -0.15) is 5.10 Å². The Morgan fingerprint density at radius 2 is 2.10 bits per heavy atom. The van der Waals surface area contributed by atoms with E-state index in [0.717, 1.165) is 39.7 Å². The maximum absolute atomic E-state index is 6.23. The molecule has 20 heavy (non-hydrogen) atoms. The number of nitrogens with one attached hydrogen (secondary N) is 1. The molecule has 0 fully saturated rings. The molecule has 0 saturated carbocycles. The predicted molar refractivity (Wildman–Crippen MR) is 84.4 cm³/mol. The monoisotopic (exact) mass is 306 g/mol. The number of benzene rings is 1. The van der Waals surface area contributed by atoms with Gasteiger partial charge in [-0.25, -0.2) is 4.68 Å². The van der Waals surface area contributed by atoms with E-state index in [-0.39, 0.29) is 0 Å². The van der Waals surface area contributed by atoms with Crippen LogP contribution in [0, 0.1) is 18.6 Å². The minimum atomic E-state index is 0.660. The molecule has 1 N–H and O–H groups in total. The molecule has 104 valence electrons. The van der Waals surface area contributed by atoms with Crippen molar-refractivity contribution in [2.45, 2.75) is 27.3 Å². The number of fused-ring (bicyclic) bond motifs is 1. The van der Waals surface area contributed by atoms with Crippen LogP contribution in [0.5, 0.6) is 0 Å².